The molecule has 0 aliphatic rings. The predicted octanol–water partition coefficient (Wildman–Crippen LogP) is 1.45. The largest absolute Gasteiger partial charge is 0.412 e. The fraction of sp³-hybridized carbons (Fsp3) is 0.182. The summed E-state index contributed by atoms with van der Waals surface area (Å²) in [6.07, 6.45) is 0. The Balaban J connectivity index is 2.46. The molecule has 0 radical (unpaired) electrons. The van der Waals surface area contributed by atoms with Crippen molar-refractivity contribution < 1.29 is 9.21 Å². The van der Waals surface area contributed by atoms with E-state index >= 15 is 0 Å². The summed E-state index contributed by atoms with van der Waals surface area (Å²) in [4.78, 5) is 10.8. The van der Waals surface area contributed by atoms with Crippen molar-refractivity contribution in [3.63, 3.8) is 0 Å². The summed E-state index contributed by atoms with van der Waals surface area (Å²) in [5.74, 6) is -0.585. The second-order valence-electron chi connectivity index (χ2n) is 3.65. The number of nitrogens with zero attached hydrogens (tertiary/aromatic N) is 2. The molecule has 0 spiro atoms. The Labute approximate surface area is 92.3 Å². The van der Waals surface area contributed by atoms with Crippen molar-refractivity contribution in [3.05, 3.63) is 35.2 Å². The number of hydrogen-bond donors (Lipinski definition) is 1. The molecule has 0 saturated carbocycles. The lowest BCUT2D eigenvalue weighted by Gasteiger charge is -1.99. The van der Waals surface area contributed by atoms with E-state index in [9.17, 15) is 4.79 Å². The van der Waals surface area contributed by atoms with Crippen LogP contribution in [0.4, 0.5) is 0 Å². The molecule has 16 heavy (non-hydrogen) atoms. The molecule has 1 amide bonds. The van der Waals surface area contributed by atoms with Gasteiger partial charge in [-0.15, -0.1) is 10.2 Å². The second-order valence-corrected chi connectivity index (χ2v) is 3.65. The van der Waals surface area contributed by atoms with Crippen molar-refractivity contribution in [1.82, 2.24) is 10.2 Å². The number of carbonyl (C=O) groups is 1. The highest BCUT2D eigenvalue weighted by Gasteiger charge is 2.12. The van der Waals surface area contributed by atoms with Crippen molar-refractivity contribution in [2.24, 2.45) is 5.73 Å². The van der Waals surface area contributed by atoms with Crippen LogP contribution in [0.2, 0.25) is 0 Å². The van der Waals surface area contributed by atoms with Crippen LogP contribution in [0, 0.1) is 13.8 Å². The smallest absolute Gasteiger partial charge is 0.306 e. The van der Waals surface area contributed by atoms with Crippen LogP contribution in [0.15, 0.2) is 22.6 Å². The summed E-state index contributed by atoms with van der Waals surface area (Å²) in [6, 6.07) is 5.85. The van der Waals surface area contributed by atoms with Gasteiger partial charge in [-0.05, 0) is 26.0 Å². The molecule has 0 saturated heterocycles. The van der Waals surface area contributed by atoms with E-state index in [1.165, 1.54) is 0 Å². The number of carbonyl (C=O) groups excluding carboxylic acids is 1. The number of benzene rings is 1. The molecule has 1 heterocycles. The third-order valence-corrected chi connectivity index (χ3v) is 2.10. The van der Waals surface area contributed by atoms with E-state index in [4.69, 9.17) is 10.2 Å². The Morgan fingerprint density at radius 1 is 1.19 bits per heavy atom. The lowest BCUT2D eigenvalue weighted by Crippen LogP contribution is -2.10. The molecule has 2 aromatic rings. The van der Waals surface area contributed by atoms with Gasteiger partial charge in [-0.25, -0.2) is 0 Å². The van der Waals surface area contributed by atoms with Crippen molar-refractivity contribution in [1.29, 1.82) is 0 Å². The van der Waals surface area contributed by atoms with E-state index in [1.807, 2.05) is 32.0 Å². The van der Waals surface area contributed by atoms with Crippen LogP contribution in [0.1, 0.15) is 21.8 Å². The highest BCUT2D eigenvalue weighted by molar-refractivity contribution is 5.88. The molecular weight excluding hydrogens is 206 g/mol. The van der Waals surface area contributed by atoms with Gasteiger partial charge < -0.3 is 10.2 Å². The maximum absolute atomic E-state index is 10.8. The van der Waals surface area contributed by atoms with Gasteiger partial charge in [0.2, 0.25) is 5.89 Å². The van der Waals surface area contributed by atoms with Gasteiger partial charge in [0, 0.05) is 5.56 Å². The molecule has 0 aliphatic carbocycles. The van der Waals surface area contributed by atoms with Crippen LogP contribution in [0.25, 0.3) is 11.5 Å². The summed E-state index contributed by atoms with van der Waals surface area (Å²) in [6.45, 7) is 3.95. The van der Waals surface area contributed by atoms with E-state index in [1.54, 1.807) is 0 Å². The highest BCUT2D eigenvalue weighted by atomic mass is 16.4. The van der Waals surface area contributed by atoms with Crippen molar-refractivity contribution in [2.45, 2.75) is 13.8 Å². The van der Waals surface area contributed by atoms with Crippen molar-refractivity contribution in [2.75, 3.05) is 0 Å². The van der Waals surface area contributed by atoms with Crippen LogP contribution >= 0.6 is 0 Å². The number of primary amides is 1. The molecule has 0 fully saturated rings. The van der Waals surface area contributed by atoms with Crippen LogP contribution in [-0.2, 0) is 0 Å². The Morgan fingerprint density at radius 2 is 1.81 bits per heavy atom. The Hall–Kier alpha value is -2.17. The monoisotopic (exact) mass is 217 g/mol. The lowest BCUT2D eigenvalue weighted by atomic mass is 10.1. The molecule has 1 aromatic carbocycles. The number of rotatable bonds is 2. The molecule has 0 aliphatic heterocycles. The van der Waals surface area contributed by atoms with Gasteiger partial charge in [0.1, 0.15) is 0 Å². The summed E-state index contributed by atoms with van der Waals surface area (Å²) in [5, 5.41) is 7.33. The van der Waals surface area contributed by atoms with E-state index in [0.717, 1.165) is 16.7 Å². The first kappa shape index (κ1) is 10.4. The van der Waals surface area contributed by atoms with Gasteiger partial charge in [0.05, 0.1) is 0 Å². The summed E-state index contributed by atoms with van der Waals surface area (Å²) in [5.41, 5.74) is 8.00. The van der Waals surface area contributed by atoms with Crippen LogP contribution < -0.4 is 5.73 Å². The molecule has 1 aromatic heterocycles. The van der Waals surface area contributed by atoms with Crippen molar-refractivity contribution >= 4 is 5.91 Å². The van der Waals surface area contributed by atoms with Crippen LogP contribution in [-0.4, -0.2) is 16.1 Å². The third-order valence-electron chi connectivity index (χ3n) is 2.10. The van der Waals surface area contributed by atoms with Gasteiger partial charge in [-0.1, -0.05) is 17.2 Å². The number of nitrogens with two attached hydrogens (primary N) is 1. The second kappa shape index (κ2) is 3.77. The zero-order chi connectivity index (χ0) is 11.7. The minimum absolute atomic E-state index is 0.172. The predicted molar refractivity (Wildman–Crippen MR) is 57.7 cm³/mol. The molecule has 0 unspecified atom stereocenters. The summed E-state index contributed by atoms with van der Waals surface area (Å²) < 4.78 is 5.14. The molecular formula is C11H11N3O2. The summed E-state index contributed by atoms with van der Waals surface area (Å²) in [7, 11) is 0. The fourth-order valence-corrected chi connectivity index (χ4v) is 1.54. The molecule has 5 heteroatoms. The van der Waals surface area contributed by atoms with Gasteiger partial charge in [0.25, 0.3) is 0 Å². The topological polar surface area (TPSA) is 82.0 Å². The zero-order valence-corrected chi connectivity index (χ0v) is 9.02. The first-order valence-electron chi connectivity index (χ1n) is 4.78. The van der Waals surface area contributed by atoms with E-state index in [0.29, 0.717) is 5.89 Å². The number of hydrogen-bond acceptors (Lipinski definition) is 4. The summed E-state index contributed by atoms with van der Waals surface area (Å²) >= 11 is 0. The quantitative estimate of drug-likeness (QED) is 0.825. The number of aromatic nitrogens is 2. The number of amides is 1. The molecule has 2 N–H and O–H groups in total. The van der Waals surface area contributed by atoms with Gasteiger partial charge in [-0.2, -0.15) is 0 Å². The van der Waals surface area contributed by atoms with Crippen molar-refractivity contribution in [3.8, 4) is 11.5 Å². The van der Waals surface area contributed by atoms with Gasteiger partial charge in [0.15, 0.2) is 0 Å². The Bertz CT molecular complexity index is 526. The molecule has 5 nitrogen and oxygen atoms in total. The highest BCUT2D eigenvalue weighted by Crippen LogP contribution is 2.20. The van der Waals surface area contributed by atoms with Gasteiger partial charge in [-0.3, -0.25) is 4.79 Å². The SMILES string of the molecule is Cc1cc(C)cc(-c2nnc(C(N)=O)o2)c1. The minimum atomic E-state index is -0.719. The molecule has 0 atom stereocenters. The average Bonchev–Trinajstić information content (AvgIpc) is 2.64. The van der Waals surface area contributed by atoms with Crippen LogP contribution in [0.5, 0.6) is 0 Å². The first-order valence-corrected chi connectivity index (χ1v) is 4.78. The minimum Gasteiger partial charge on any atom is -0.412 e. The average molecular weight is 217 g/mol. The van der Waals surface area contributed by atoms with E-state index in [2.05, 4.69) is 10.2 Å². The third kappa shape index (κ3) is 1.93. The number of aryl methyl sites for hydroxylation is 2. The lowest BCUT2D eigenvalue weighted by molar-refractivity contribution is 0.0968. The normalized spacial score (nSPS) is 10.4. The Morgan fingerprint density at radius 3 is 2.31 bits per heavy atom. The maximum Gasteiger partial charge on any atom is 0.306 e. The van der Waals surface area contributed by atoms with Gasteiger partial charge >= 0.3 is 11.8 Å². The standard InChI is InChI=1S/C11H11N3O2/c1-6-3-7(2)5-8(4-6)10-13-14-11(16-10)9(12)15/h3-5H,1-2H3,(H2,12,15). The zero-order valence-electron chi connectivity index (χ0n) is 9.02. The Kier molecular flexibility index (Phi) is 2.44. The molecule has 2 rings (SSSR count). The molecule has 0 bridgehead atoms. The van der Waals surface area contributed by atoms with Crippen LogP contribution in [0.3, 0.4) is 0 Å². The maximum atomic E-state index is 10.8. The molecule has 82 valence electrons. The fourth-order valence-electron chi connectivity index (χ4n) is 1.54. The van der Waals surface area contributed by atoms with E-state index in [-0.39, 0.29) is 5.89 Å². The van der Waals surface area contributed by atoms with E-state index < -0.39 is 5.91 Å². The first-order chi connectivity index (χ1) is 7.56.